The monoisotopic (exact) mass is 217 g/mol. The quantitative estimate of drug-likeness (QED) is 0.390. The third-order valence-electron chi connectivity index (χ3n) is 1.37. The lowest BCUT2D eigenvalue weighted by Gasteiger charge is -2.04. The summed E-state index contributed by atoms with van der Waals surface area (Å²) in [6, 6.07) is 5.76. The van der Waals surface area contributed by atoms with Gasteiger partial charge >= 0.3 is 0 Å². The van der Waals surface area contributed by atoms with E-state index in [-0.39, 0.29) is 11.4 Å². The van der Waals surface area contributed by atoms with Gasteiger partial charge in [0.25, 0.3) is 5.69 Å². The Morgan fingerprint density at radius 3 is 2.64 bits per heavy atom. The van der Waals surface area contributed by atoms with Crippen molar-refractivity contribution in [1.29, 1.82) is 0 Å². The number of nitrogens with one attached hydrogen (secondary N) is 2. The summed E-state index contributed by atoms with van der Waals surface area (Å²) >= 11 is -2.27. The predicted molar refractivity (Wildman–Crippen MR) is 50.6 cm³/mol. The molecule has 0 spiro atoms. The van der Waals surface area contributed by atoms with E-state index in [0.717, 1.165) is 0 Å². The van der Waals surface area contributed by atoms with E-state index in [1.54, 1.807) is 6.07 Å². The van der Waals surface area contributed by atoms with Crippen LogP contribution in [0.3, 0.4) is 0 Å². The number of hydrogen-bond acceptors (Lipinski definition) is 4. The van der Waals surface area contributed by atoms with Crippen LogP contribution in [-0.4, -0.2) is 13.7 Å². The fourth-order valence-electron chi connectivity index (χ4n) is 0.837. The molecule has 8 heteroatoms. The van der Waals surface area contributed by atoms with Crippen molar-refractivity contribution in [1.82, 2.24) is 4.83 Å². The van der Waals surface area contributed by atoms with E-state index in [1.165, 1.54) is 18.2 Å². The van der Waals surface area contributed by atoms with Gasteiger partial charge in [-0.05, 0) is 6.07 Å². The summed E-state index contributed by atoms with van der Waals surface area (Å²) in [5.41, 5.74) is 2.20. The lowest BCUT2D eigenvalue weighted by Crippen LogP contribution is -2.23. The molecule has 0 fully saturated rings. The zero-order chi connectivity index (χ0) is 10.6. The first-order valence-electron chi connectivity index (χ1n) is 3.47. The van der Waals surface area contributed by atoms with Gasteiger partial charge in [-0.1, -0.05) is 12.1 Å². The minimum atomic E-state index is -2.27. The summed E-state index contributed by atoms with van der Waals surface area (Å²) in [4.78, 5) is 11.8. The normalized spacial score (nSPS) is 12.1. The zero-order valence-electron chi connectivity index (χ0n) is 6.84. The van der Waals surface area contributed by atoms with Crippen LogP contribution in [0.4, 0.5) is 11.4 Å². The maximum absolute atomic E-state index is 10.5. The second-order valence-electron chi connectivity index (χ2n) is 2.25. The molecule has 0 aliphatic rings. The van der Waals surface area contributed by atoms with Crippen molar-refractivity contribution in [2.45, 2.75) is 0 Å². The molecule has 0 aliphatic carbocycles. The average molecular weight is 217 g/mol. The van der Waals surface area contributed by atoms with E-state index in [1.807, 2.05) is 4.83 Å². The summed E-state index contributed by atoms with van der Waals surface area (Å²) in [6.45, 7) is 0. The first-order chi connectivity index (χ1) is 6.61. The molecular weight excluding hydrogens is 210 g/mol. The van der Waals surface area contributed by atoms with E-state index in [0.29, 0.717) is 0 Å². The van der Waals surface area contributed by atoms with E-state index in [2.05, 4.69) is 5.43 Å². The van der Waals surface area contributed by atoms with Crippen LogP contribution in [0.5, 0.6) is 0 Å². The minimum Gasteiger partial charge on any atom is -0.302 e. The van der Waals surface area contributed by atoms with Gasteiger partial charge in [0.2, 0.25) is 11.3 Å². The topological polar surface area (TPSA) is 105 Å². The summed E-state index contributed by atoms with van der Waals surface area (Å²) in [5.74, 6) is 0. The van der Waals surface area contributed by atoms with E-state index in [9.17, 15) is 14.3 Å². The van der Waals surface area contributed by atoms with Crippen LogP contribution in [0.15, 0.2) is 24.3 Å². The lowest BCUT2D eigenvalue weighted by molar-refractivity contribution is -0.384. The van der Waals surface area contributed by atoms with E-state index in [4.69, 9.17) is 4.55 Å². The van der Waals surface area contributed by atoms with Crippen LogP contribution in [-0.2, 0) is 11.3 Å². The molecule has 76 valence electrons. The number of hydrazine groups is 1. The number of rotatable bonds is 4. The molecule has 0 amide bonds. The molecule has 1 aromatic rings. The van der Waals surface area contributed by atoms with Gasteiger partial charge in [0, 0.05) is 6.07 Å². The van der Waals surface area contributed by atoms with Gasteiger partial charge in [-0.25, -0.2) is 4.21 Å². The Balaban J connectivity index is 2.84. The largest absolute Gasteiger partial charge is 0.302 e. The lowest BCUT2D eigenvalue weighted by atomic mass is 10.3. The zero-order valence-corrected chi connectivity index (χ0v) is 7.65. The second-order valence-corrected chi connectivity index (χ2v) is 2.95. The molecule has 14 heavy (non-hydrogen) atoms. The smallest absolute Gasteiger partial charge is 0.293 e. The molecule has 0 aromatic heterocycles. The third-order valence-corrected chi connectivity index (χ3v) is 1.65. The molecule has 0 heterocycles. The van der Waals surface area contributed by atoms with Gasteiger partial charge in [-0.15, -0.1) is 4.83 Å². The Morgan fingerprint density at radius 1 is 1.43 bits per heavy atom. The molecular formula is C6H7N3O4S. The fourth-order valence-corrected chi connectivity index (χ4v) is 1.03. The molecule has 0 saturated carbocycles. The van der Waals surface area contributed by atoms with Gasteiger partial charge in [-0.2, -0.15) is 0 Å². The van der Waals surface area contributed by atoms with E-state index >= 15 is 0 Å². The Hall–Kier alpha value is -1.51. The molecule has 1 aromatic carbocycles. The van der Waals surface area contributed by atoms with Crippen LogP contribution in [0, 0.1) is 10.1 Å². The molecule has 3 N–H and O–H groups in total. The fraction of sp³-hybridized carbons (Fsp3) is 0. The Bertz CT molecular complexity index is 370. The number of hydrogen-bond donors (Lipinski definition) is 3. The van der Waals surface area contributed by atoms with Crippen molar-refractivity contribution in [3.63, 3.8) is 0 Å². The summed E-state index contributed by atoms with van der Waals surface area (Å²) in [5, 5.41) is 10.5. The van der Waals surface area contributed by atoms with Crippen LogP contribution < -0.4 is 10.3 Å². The number of para-hydroxylation sites is 2. The van der Waals surface area contributed by atoms with Gasteiger partial charge in [-0.3, -0.25) is 14.7 Å². The molecule has 0 aliphatic heterocycles. The highest BCUT2D eigenvalue weighted by Crippen LogP contribution is 2.21. The second kappa shape index (κ2) is 4.65. The van der Waals surface area contributed by atoms with Crippen LogP contribution >= 0.6 is 0 Å². The summed E-state index contributed by atoms with van der Waals surface area (Å²) < 4.78 is 18.6. The Morgan fingerprint density at radius 2 is 2.07 bits per heavy atom. The van der Waals surface area contributed by atoms with Crippen molar-refractivity contribution >= 4 is 22.6 Å². The molecule has 1 rings (SSSR count). The number of benzene rings is 1. The van der Waals surface area contributed by atoms with Crippen molar-refractivity contribution in [2.24, 2.45) is 0 Å². The third kappa shape index (κ3) is 2.76. The molecule has 7 nitrogen and oxygen atoms in total. The first kappa shape index (κ1) is 10.6. The Kier molecular flexibility index (Phi) is 3.51. The van der Waals surface area contributed by atoms with E-state index < -0.39 is 16.2 Å². The number of nitro groups is 1. The standard InChI is InChI=1S/C6H7N3O4S/c10-9(11)6-4-2-1-3-5(6)7-8-14(12)13/h1-4,7-8H,(H,12,13). The van der Waals surface area contributed by atoms with Gasteiger partial charge in [0.1, 0.15) is 5.69 Å². The van der Waals surface area contributed by atoms with Crippen molar-refractivity contribution < 1.29 is 13.7 Å². The highest BCUT2D eigenvalue weighted by atomic mass is 32.2. The highest BCUT2D eigenvalue weighted by Gasteiger charge is 2.11. The van der Waals surface area contributed by atoms with Crippen LogP contribution in [0.2, 0.25) is 0 Å². The maximum atomic E-state index is 10.5. The molecule has 0 bridgehead atoms. The number of anilines is 1. The maximum Gasteiger partial charge on any atom is 0.293 e. The SMILES string of the molecule is O=[N+]([O-])c1ccccc1NNS(=O)O. The van der Waals surface area contributed by atoms with Gasteiger partial charge in [0.15, 0.2) is 0 Å². The summed E-state index contributed by atoms with van der Waals surface area (Å²) in [6.07, 6.45) is 0. The molecule has 0 radical (unpaired) electrons. The predicted octanol–water partition coefficient (Wildman–Crippen LogP) is 0.648. The van der Waals surface area contributed by atoms with Gasteiger partial charge < -0.3 is 5.43 Å². The first-order valence-corrected chi connectivity index (χ1v) is 4.58. The molecule has 1 atom stereocenters. The van der Waals surface area contributed by atoms with Gasteiger partial charge in [0.05, 0.1) is 4.92 Å². The van der Waals surface area contributed by atoms with Crippen molar-refractivity contribution in [3.8, 4) is 0 Å². The minimum absolute atomic E-state index is 0.125. The molecule has 1 unspecified atom stereocenters. The summed E-state index contributed by atoms with van der Waals surface area (Å²) in [7, 11) is 0. The number of nitrogens with zero attached hydrogens (tertiary/aromatic N) is 1. The number of nitro benzene ring substituents is 1. The van der Waals surface area contributed by atoms with Crippen LogP contribution in [0.1, 0.15) is 0 Å². The van der Waals surface area contributed by atoms with Crippen LogP contribution in [0.25, 0.3) is 0 Å². The van der Waals surface area contributed by atoms with Crippen molar-refractivity contribution in [2.75, 3.05) is 5.43 Å². The molecule has 0 saturated heterocycles. The Labute approximate surface area is 81.7 Å². The van der Waals surface area contributed by atoms with Crippen molar-refractivity contribution in [3.05, 3.63) is 34.4 Å². The highest BCUT2D eigenvalue weighted by molar-refractivity contribution is 7.77. The average Bonchev–Trinajstić information content (AvgIpc) is 2.15.